The van der Waals surface area contributed by atoms with Crippen LogP contribution >= 0.6 is 15.6 Å². The Bertz CT molecular complexity index is 2740. The number of hydrogen-bond acceptors (Lipinski definition) is 14. The quantitative estimate of drug-likeness (QED) is 0.0146. The molecule has 0 aliphatic heterocycles. The maximum Gasteiger partial charge on any atom is 0.472 e. The summed E-state index contributed by atoms with van der Waals surface area (Å²) in [5.74, 6) is -1.66. The smallest absolute Gasteiger partial charge is 0.463 e. The van der Waals surface area contributed by atoms with Crippen molar-refractivity contribution < 1.29 is 75.8 Å². The van der Waals surface area contributed by atoms with Crippen LogP contribution in [0.1, 0.15) is 265 Å². The van der Waals surface area contributed by atoms with E-state index >= 15 is 0 Å². The van der Waals surface area contributed by atoms with Crippen molar-refractivity contribution in [3.05, 3.63) is 207 Å². The van der Waals surface area contributed by atoms with E-state index in [1.54, 1.807) is 0 Å². The Morgan fingerprint density at radius 2 is 0.476 bits per heavy atom. The largest absolute Gasteiger partial charge is 0.472 e. The SMILES string of the molecule is CC/C=C\C/C=C\C/C=C\C/C=C\C/C=C\C/C=C\CCCCCCC(=O)OCC(O)COP(=O)(O)OCC(O)COP(=O)(O)OCC(COC(=O)CCCCCC/C=C\C/C=C\C/C=C\C/C=C\C/C=C\C/C=C\CC)OC(=O)CCCCCCCCC/C=C\C/C=C\C/C=C\C/C=C\C/C=C\CC. The number of phosphoric ester groups is 2. The zero-order valence-corrected chi connectivity index (χ0v) is 66.3. The van der Waals surface area contributed by atoms with Gasteiger partial charge in [0.25, 0.3) is 0 Å². The summed E-state index contributed by atoms with van der Waals surface area (Å²) in [6, 6.07) is 0. The number of rotatable bonds is 72. The van der Waals surface area contributed by atoms with Crippen LogP contribution in [0.5, 0.6) is 0 Å². The second-order valence-electron chi connectivity index (χ2n) is 25.4. The Morgan fingerprint density at radius 3 is 0.752 bits per heavy atom. The van der Waals surface area contributed by atoms with Gasteiger partial charge in [-0.15, -0.1) is 0 Å². The zero-order valence-electron chi connectivity index (χ0n) is 64.6. The monoisotopic (exact) mass is 1500 g/mol. The van der Waals surface area contributed by atoms with Gasteiger partial charge in [0, 0.05) is 19.3 Å². The molecule has 0 aliphatic rings. The molecule has 5 atom stereocenters. The summed E-state index contributed by atoms with van der Waals surface area (Å²) in [7, 11) is -9.83. The van der Waals surface area contributed by atoms with Crippen molar-refractivity contribution in [1.29, 1.82) is 0 Å². The maximum atomic E-state index is 13.0. The van der Waals surface area contributed by atoms with Gasteiger partial charge in [0.15, 0.2) is 6.10 Å². The van der Waals surface area contributed by atoms with Crippen LogP contribution in [0, 0.1) is 0 Å². The molecule has 0 aromatic rings. The fraction of sp³-hybridized carbons (Fsp3) is 0.575. The highest BCUT2D eigenvalue weighted by Gasteiger charge is 2.29. The molecule has 0 rings (SSSR count). The molecule has 0 heterocycles. The van der Waals surface area contributed by atoms with Crippen molar-refractivity contribution in [2.45, 2.75) is 283 Å². The first-order valence-corrected chi connectivity index (χ1v) is 42.4. The van der Waals surface area contributed by atoms with Gasteiger partial charge in [0.1, 0.15) is 25.4 Å². The number of carbonyl (C=O) groups excluding carboxylic acids is 3. The molecule has 0 aromatic carbocycles. The van der Waals surface area contributed by atoms with E-state index in [-0.39, 0.29) is 19.3 Å². The Balaban J connectivity index is 4.82. The third-order valence-electron chi connectivity index (χ3n) is 15.5. The van der Waals surface area contributed by atoms with Crippen LogP contribution < -0.4 is 0 Å². The molecule has 18 heteroatoms. The highest BCUT2D eigenvalue weighted by atomic mass is 31.2. The van der Waals surface area contributed by atoms with Crippen molar-refractivity contribution in [2.75, 3.05) is 39.6 Å². The molecule has 592 valence electrons. The number of hydrogen-bond donors (Lipinski definition) is 4. The molecule has 0 spiro atoms. The summed E-state index contributed by atoms with van der Waals surface area (Å²) in [5, 5.41) is 20.6. The van der Waals surface area contributed by atoms with Crippen LogP contribution in [-0.4, -0.2) is 95.9 Å². The number of aliphatic hydroxyl groups excluding tert-OH is 2. The molecule has 0 radical (unpaired) electrons. The van der Waals surface area contributed by atoms with Crippen molar-refractivity contribution >= 4 is 33.6 Å². The molecule has 4 N–H and O–H groups in total. The van der Waals surface area contributed by atoms with Crippen LogP contribution in [-0.2, 0) is 55.8 Å². The van der Waals surface area contributed by atoms with E-state index in [4.69, 9.17) is 32.3 Å². The predicted molar refractivity (Wildman–Crippen MR) is 435 cm³/mol. The van der Waals surface area contributed by atoms with E-state index in [1.807, 2.05) is 0 Å². The minimum Gasteiger partial charge on any atom is -0.463 e. The highest BCUT2D eigenvalue weighted by Crippen LogP contribution is 2.45. The van der Waals surface area contributed by atoms with E-state index < -0.39 is 91.5 Å². The third-order valence-corrected chi connectivity index (χ3v) is 17.4. The number of esters is 3. The lowest BCUT2D eigenvalue weighted by molar-refractivity contribution is -0.161. The summed E-state index contributed by atoms with van der Waals surface area (Å²) >= 11 is 0. The first kappa shape index (κ1) is 99.1. The molecule has 16 nitrogen and oxygen atoms in total. The van der Waals surface area contributed by atoms with E-state index in [0.717, 1.165) is 205 Å². The Labute approximate surface area is 635 Å². The van der Waals surface area contributed by atoms with Crippen LogP contribution in [0.25, 0.3) is 0 Å². The van der Waals surface area contributed by atoms with Gasteiger partial charge in [-0.3, -0.25) is 32.5 Å². The molecule has 5 unspecified atom stereocenters. The number of unbranched alkanes of at least 4 members (excludes halogenated alkanes) is 15. The Hall–Kier alpha value is -5.87. The molecule has 0 fully saturated rings. The zero-order chi connectivity index (χ0) is 76.6. The Morgan fingerprint density at radius 1 is 0.267 bits per heavy atom. The van der Waals surface area contributed by atoms with Crippen molar-refractivity contribution in [1.82, 2.24) is 0 Å². The highest BCUT2D eigenvalue weighted by molar-refractivity contribution is 7.47. The molecular formula is C87H138O16P2. The maximum absolute atomic E-state index is 13.0. The van der Waals surface area contributed by atoms with Crippen LogP contribution in [0.15, 0.2) is 207 Å². The molecule has 0 aliphatic carbocycles. The summed E-state index contributed by atoms with van der Waals surface area (Å²) in [4.78, 5) is 58.7. The standard InChI is InChI=1S/C87H138O16P2/c1-4-7-10-13-16-19-22-25-28-31-34-37-40-43-46-49-52-55-58-61-64-67-70-73-85(90)97-76-82(88)77-99-104(93,94)100-78-83(89)79-101-105(95,96)102-81-84(103-87(92)75-72-69-66-63-60-57-54-51-48-45-42-39-36-33-30-27-24-21-18-15-12-9-6-3)80-98-86(91)74-71-68-65-62-59-56-53-50-47-44-41-38-35-32-29-26-23-20-17-14-11-8-5-2/h7-12,16-21,25-30,34-39,43-48,52-53,55-56,82-84,88-89H,4-6,13-15,22-24,31-33,40-42,49-51,54,57-81H2,1-3H3,(H,93,94)(H,95,96)/b10-7-,11-8-,12-9-,19-16-,20-17-,21-18-,28-25-,29-26-,30-27-,37-34-,38-35-,39-36-,46-43-,47-44-,48-45-,55-52-,56-53-. The fourth-order valence-corrected chi connectivity index (χ4v) is 11.2. The van der Waals surface area contributed by atoms with E-state index in [9.17, 15) is 43.5 Å². The fourth-order valence-electron chi connectivity index (χ4n) is 9.60. The number of ether oxygens (including phenoxy) is 3. The van der Waals surface area contributed by atoms with Crippen LogP contribution in [0.3, 0.4) is 0 Å². The van der Waals surface area contributed by atoms with Gasteiger partial charge in [-0.1, -0.05) is 285 Å². The number of carbonyl (C=O) groups is 3. The second-order valence-corrected chi connectivity index (χ2v) is 28.3. The van der Waals surface area contributed by atoms with Gasteiger partial charge in [-0.25, -0.2) is 9.13 Å². The summed E-state index contributed by atoms with van der Waals surface area (Å²) in [5.41, 5.74) is 0. The van der Waals surface area contributed by atoms with Gasteiger partial charge in [-0.05, 0) is 167 Å². The summed E-state index contributed by atoms with van der Waals surface area (Å²) < 4.78 is 61.2. The average molecular weight is 1500 g/mol. The summed E-state index contributed by atoms with van der Waals surface area (Å²) in [6.45, 7) is 2.23. The lowest BCUT2D eigenvalue weighted by Crippen LogP contribution is -2.30. The van der Waals surface area contributed by atoms with Crippen molar-refractivity contribution in [3.8, 4) is 0 Å². The van der Waals surface area contributed by atoms with Gasteiger partial charge in [0.2, 0.25) is 0 Å². The first-order valence-electron chi connectivity index (χ1n) is 39.4. The number of aliphatic hydroxyl groups is 2. The van der Waals surface area contributed by atoms with E-state index in [1.165, 1.54) is 0 Å². The van der Waals surface area contributed by atoms with Crippen molar-refractivity contribution in [3.63, 3.8) is 0 Å². The molecule has 0 bridgehead atoms. The third kappa shape index (κ3) is 79.0. The predicted octanol–water partition coefficient (Wildman–Crippen LogP) is 23.3. The minimum absolute atomic E-state index is 0.0749. The molecule has 0 saturated carbocycles. The molecule has 0 saturated heterocycles. The van der Waals surface area contributed by atoms with Gasteiger partial charge in [-0.2, -0.15) is 0 Å². The van der Waals surface area contributed by atoms with E-state index in [2.05, 4.69) is 227 Å². The molecule has 0 aromatic heterocycles. The number of phosphoric acid groups is 2. The van der Waals surface area contributed by atoms with Crippen LogP contribution in [0.4, 0.5) is 0 Å². The van der Waals surface area contributed by atoms with Gasteiger partial charge in [0.05, 0.1) is 26.4 Å². The molecular weight excluding hydrogens is 1360 g/mol. The van der Waals surface area contributed by atoms with Crippen LogP contribution in [0.2, 0.25) is 0 Å². The second kappa shape index (κ2) is 77.7. The lowest BCUT2D eigenvalue weighted by Gasteiger charge is -2.21. The first-order chi connectivity index (χ1) is 51.2. The lowest BCUT2D eigenvalue weighted by atomic mass is 10.1. The molecule has 105 heavy (non-hydrogen) atoms. The van der Waals surface area contributed by atoms with Gasteiger partial charge < -0.3 is 34.2 Å². The minimum atomic E-state index is -4.96. The Kier molecular flexibility index (Phi) is 73.4. The summed E-state index contributed by atoms with van der Waals surface area (Å²) in [6.07, 6.45) is 103. The normalized spacial score (nSPS) is 15.1. The topological polar surface area (TPSA) is 231 Å². The molecule has 0 amide bonds. The average Bonchev–Trinajstić information content (AvgIpc) is 0.962. The van der Waals surface area contributed by atoms with Crippen molar-refractivity contribution in [2.24, 2.45) is 0 Å². The van der Waals surface area contributed by atoms with E-state index in [0.29, 0.717) is 19.3 Å². The van der Waals surface area contributed by atoms with Gasteiger partial charge >= 0.3 is 33.6 Å². The number of allylic oxidation sites excluding steroid dienone is 34.